The third kappa shape index (κ3) is 2.07. The number of rotatable bonds is 2. The number of nitrogens with two attached hydrogens (primary N) is 1. The fourth-order valence-corrected chi connectivity index (χ4v) is 1.88. The molecule has 0 bridgehead atoms. The Bertz CT molecular complexity index is 248. The zero-order valence-electron chi connectivity index (χ0n) is 6.63. The minimum Gasteiger partial charge on any atom is -0.398 e. The SMILES string of the molecule is CSc1ccc(N)c(SC)c1. The Kier molecular flexibility index (Phi) is 3.15. The van der Waals surface area contributed by atoms with Gasteiger partial charge in [-0.15, -0.1) is 23.5 Å². The van der Waals surface area contributed by atoms with Crippen LogP contribution >= 0.6 is 23.5 Å². The predicted octanol–water partition coefficient (Wildman–Crippen LogP) is 2.71. The highest BCUT2D eigenvalue weighted by atomic mass is 32.2. The van der Waals surface area contributed by atoms with Crippen LogP contribution in [0.2, 0.25) is 0 Å². The molecule has 2 N–H and O–H groups in total. The van der Waals surface area contributed by atoms with Crippen LogP contribution in [0.5, 0.6) is 0 Å². The highest BCUT2D eigenvalue weighted by molar-refractivity contribution is 7.99. The number of hydrogen-bond donors (Lipinski definition) is 1. The van der Waals surface area contributed by atoms with Gasteiger partial charge in [0.1, 0.15) is 0 Å². The molecule has 0 radical (unpaired) electrons. The van der Waals surface area contributed by atoms with Gasteiger partial charge in [0.15, 0.2) is 0 Å². The molecule has 0 amide bonds. The second-order valence-electron chi connectivity index (χ2n) is 2.11. The average Bonchev–Trinajstić information content (AvgIpc) is 2.05. The molecular weight excluding hydrogens is 174 g/mol. The van der Waals surface area contributed by atoms with Gasteiger partial charge in [0, 0.05) is 15.5 Å². The molecule has 0 saturated carbocycles. The first-order valence-electron chi connectivity index (χ1n) is 3.25. The summed E-state index contributed by atoms with van der Waals surface area (Å²) in [6.07, 6.45) is 4.10. The van der Waals surface area contributed by atoms with Gasteiger partial charge in [-0.1, -0.05) is 0 Å². The number of thioether (sulfide) groups is 2. The molecule has 1 rings (SSSR count). The van der Waals surface area contributed by atoms with E-state index >= 15 is 0 Å². The van der Waals surface area contributed by atoms with Gasteiger partial charge in [-0.2, -0.15) is 0 Å². The Balaban J connectivity index is 3.02. The molecule has 3 heteroatoms. The maximum atomic E-state index is 5.72. The van der Waals surface area contributed by atoms with Gasteiger partial charge in [0.2, 0.25) is 0 Å². The van der Waals surface area contributed by atoms with E-state index < -0.39 is 0 Å². The number of benzene rings is 1. The molecule has 60 valence electrons. The minimum atomic E-state index is 0.871. The van der Waals surface area contributed by atoms with Gasteiger partial charge in [0.25, 0.3) is 0 Å². The first-order chi connectivity index (χ1) is 5.27. The molecule has 1 nitrogen and oxygen atoms in total. The monoisotopic (exact) mass is 185 g/mol. The fraction of sp³-hybridized carbons (Fsp3) is 0.250. The topological polar surface area (TPSA) is 26.0 Å². The van der Waals surface area contributed by atoms with Crippen LogP contribution in [0.4, 0.5) is 5.69 Å². The second kappa shape index (κ2) is 3.93. The lowest BCUT2D eigenvalue weighted by Gasteiger charge is -2.03. The normalized spacial score (nSPS) is 10.0. The van der Waals surface area contributed by atoms with Crippen molar-refractivity contribution >= 4 is 29.2 Å². The van der Waals surface area contributed by atoms with Gasteiger partial charge in [-0.05, 0) is 30.7 Å². The molecule has 0 aliphatic rings. The van der Waals surface area contributed by atoms with E-state index in [1.54, 1.807) is 23.5 Å². The minimum absolute atomic E-state index is 0.871. The predicted molar refractivity (Wildman–Crippen MR) is 54.4 cm³/mol. The van der Waals surface area contributed by atoms with E-state index in [-0.39, 0.29) is 0 Å². The number of nitrogen functional groups attached to an aromatic ring is 1. The van der Waals surface area contributed by atoms with Crippen LogP contribution in [0.1, 0.15) is 0 Å². The summed E-state index contributed by atoms with van der Waals surface area (Å²) in [7, 11) is 0. The fourth-order valence-electron chi connectivity index (χ4n) is 0.818. The first-order valence-corrected chi connectivity index (χ1v) is 5.70. The van der Waals surface area contributed by atoms with Crippen molar-refractivity contribution in [2.75, 3.05) is 18.2 Å². The lowest BCUT2D eigenvalue weighted by atomic mass is 10.3. The van der Waals surface area contributed by atoms with Gasteiger partial charge in [-0.3, -0.25) is 0 Å². The molecule has 1 aromatic rings. The summed E-state index contributed by atoms with van der Waals surface area (Å²) in [5.41, 5.74) is 6.60. The molecule has 0 aliphatic carbocycles. The zero-order chi connectivity index (χ0) is 8.27. The molecule has 0 saturated heterocycles. The van der Waals surface area contributed by atoms with E-state index in [0.29, 0.717) is 0 Å². The largest absolute Gasteiger partial charge is 0.398 e. The maximum Gasteiger partial charge on any atom is 0.0452 e. The molecule has 0 atom stereocenters. The van der Waals surface area contributed by atoms with E-state index in [9.17, 15) is 0 Å². The maximum absolute atomic E-state index is 5.72. The van der Waals surface area contributed by atoms with Crippen molar-refractivity contribution in [1.29, 1.82) is 0 Å². The van der Waals surface area contributed by atoms with Gasteiger partial charge in [0.05, 0.1) is 0 Å². The van der Waals surface area contributed by atoms with Crippen LogP contribution in [0.25, 0.3) is 0 Å². The molecule has 0 heterocycles. The molecule has 0 spiro atoms. The van der Waals surface area contributed by atoms with Crippen LogP contribution in [0.15, 0.2) is 28.0 Å². The standard InChI is InChI=1S/C8H11NS2/c1-10-6-3-4-7(9)8(5-6)11-2/h3-5H,9H2,1-2H3. The smallest absolute Gasteiger partial charge is 0.0452 e. The summed E-state index contributed by atoms with van der Waals surface area (Å²) in [6.45, 7) is 0. The molecule has 0 fully saturated rings. The Hall–Kier alpha value is -0.280. The Labute approximate surface area is 75.7 Å². The van der Waals surface area contributed by atoms with Crippen molar-refractivity contribution in [3.63, 3.8) is 0 Å². The van der Waals surface area contributed by atoms with Crippen molar-refractivity contribution in [2.24, 2.45) is 0 Å². The summed E-state index contributed by atoms with van der Waals surface area (Å²) >= 11 is 3.42. The first kappa shape index (κ1) is 8.81. The molecule has 0 unspecified atom stereocenters. The van der Waals surface area contributed by atoms with E-state index in [1.165, 1.54) is 4.90 Å². The molecule has 0 aromatic heterocycles. The van der Waals surface area contributed by atoms with E-state index in [4.69, 9.17) is 5.73 Å². The number of anilines is 1. The quantitative estimate of drug-likeness (QED) is 0.566. The van der Waals surface area contributed by atoms with Crippen molar-refractivity contribution in [3.05, 3.63) is 18.2 Å². The highest BCUT2D eigenvalue weighted by Crippen LogP contribution is 2.27. The van der Waals surface area contributed by atoms with Crippen molar-refractivity contribution < 1.29 is 0 Å². The Morgan fingerprint density at radius 2 is 1.91 bits per heavy atom. The molecular formula is C8H11NS2. The second-order valence-corrected chi connectivity index (χ2v) is 3.84. The van der Waals surface area contributed by atoms with Crippen LogP contribution in [-0.4, -0.2) is 12.5 Å². The van der Waals surface area contributed by atoms with Crippen molar-refractivity contribution in [1.82, 2.24) is 0 Å². The van der Waals surface area contributed by atoms with E-state index in [1.807, 2.05) is 18.4 Å². The van der Waals surface area contributed by atoms with E-state index in [0.717, 1.165) is 10.6 Å². The third-order valence-electron chi connectivity index (χ3n) is 1.44. The summed E-state index contributed by atoms with van der Waals surface area (Å²) in [4.78, 5) is 2.43. The van der Waals surface area contributed by atoms with Gasteiger partial charge < -0.3 is 5.73 Å². The highest BCUT2D eigenvalue weighted by Gasteiger charge is 1.97. The summed E-state index contributed by atoms with van der Waals surface area (Å²) < 4.78 is 0. The summed E-state index contributed by atoms with van der Waals surface area (Å²) in [5.74, 6) is 0. The average molecular weight is 185 g/mol. The van der Waals surface area contributed by atoms with Crippen LogP contribution < -0.4 is 5.73 Å². The van der Waals surface area contributed by atoms with Crippen molar-refractivity contribution in [3.8, 4) is 0 Å². The molecule has 0 aliphatic heterocycles. The zero-order valence-corrected chi connectivity index (χ0v) is 8.26. The lowest BCUT2D eigenvalue weighted by molar-refractivity contribution is 1.34. The van der Waals surface area contributed by atoms with Gasteiger partial charge in [-0.25, -0.2) is 0 Å². The van der Waals surface area contributed by atoms with E-state index in [2.05, 4.69) is 12.3 Å². The summed E-state index contributed by atoms with van der Waals surface area (Å²) in [6, 6.07) is 6.11. The Morgan fingerprint density at radius 1 is 1.18 bits per heavy atom. The van der Waals surface area contributed by atoms with Crippen molar-refractivity contribution in [2.45, 2.75) is 9.79 Å². The third-order valence-corrected chi connectivity index (χ3v) is 2.96. The Morgan fingerprint density at radius 3 is 2.45 bits per heavy atom. The molecule has 1 aromatic carbocycles. The van der Waals surface area contributed by atoms with Crippen LogP contribution in [0, 0.1) is 0 Å². The van der Waals surface area contributed by atoms with Crippen LogP contribution in [0.3, 0.4) is 0 Å². The van der Waals surface area contributed by atoms with Crippen LogP contribution in [-0.2, 0) is 0 Å². The molecule has 11 heavy (non-hydrogen) atoms. The summed E-state index contributed by atoms with van der Waals surface area (Å²) in [5, 5.41) is 0. The number of hydrogen-bond acceptors (Lipinski definition) is 3. The lowest BCUT2D eigenvalue weighted by Crippen LogP contribution is -1.87. The van der Waals surface area contributed by atoms with Gasteiger partial charge >= 0.3 is 0 Å².